The van der Waals surface area contributed by atoms with Crippen molar-refractivity contribution in [3.05, 3.63) is 40.7 Å². The summed E-state index contributed by atoms with van der Waals surface area (Å²) in [6.07, 6.45) is 2.92. The van der Waals surface area contributed by atoms with Crippen molar-refractivity contribution in [2.75, 3.05) is 13.1 Å². The van der Waals surface area contributed by atoms with Crippen LogP contribution in [0.3, 0.4) is 0 Å². The third-order valence-corrected chi connectivity index (χ3v) is 3.83. The molecule has 19 heavy (non-hydrogen) atoms. The van der Waals surface area contributed by atoms with Gasteiger partial charge in [-0.25, -0.2) is 0 Å². The third kappa shape index (κ3) is 3.27. The number of pyridine rings is 1. The van der Waals surface area contributed by atoms with Gasteiger partial charge in [0.1, 0.15) is 6.10 Å². The lowest BCUT2D eigenvalue weighted by Gasteiger charge is -2.15. The molecule has 0 aromatic carbocycles. The van der Waals surface area contributed by atoms with Crippen LogP contribution in [-0.4, -0.2) is 34.1 Å². The summed E-state index contributed by atoms with van der Waals surface area (Å²) >= 11 is 1.66. The Labute approximate surface area is 114 Å². The summed E-state index contributed by atoms with van der Waals surface area (Å²) < 4.78 is 18.7. The van der Waals surface area contributed by atoms with Crippen molar-refractivity contribution in [3.8, 4) is 5.88 Å². The van der Waals surface area contributed by atoms with Crippen LogP contribution in [-0.2, 0) is 6.54 Å². The average molecular weight is 279 g/mol. The van der Waals surface area contributed by atoms with Crippen molar-refractivity contribution in [1.82, 2.24) is 14.9 Å². The summed E-state index contributed by atoms with van der Waals surface area (Å²) in [5.74, 6) is -0.137. The van der Waals surface area contributed by atoms with Crippen molar-refractivity contribution in [2.45, 2.75) is 19.1 Å². The first-order chi connectivity index (χ1) is 9.29. The van der Waals surface area contributed by atoms with E-state index in [2.05, 4.69) is 14.9 Å². The predicted molar refractivity (Wildman–Crippen MR) is 70.6 cm³/mol. The van der Waals surface area contributed by atoms with Gasteiger partial charge in [0.15, 0.2) is 0 Å². The summed E-state index contributed by atoms with van der Waals surface area (Å²) in [4.78, 5) is 11.4. The molecule has 4 nitrogen and oxygen atoms in total. The number of hydrogen-bond acceptors (Lipinski definition) is 5. The Morgan fingerprint density at radius 2 is 2.42 bits per heavy atom. The molecule has 3 heterocycles. The molecular weight excluding hydrogens is 265 g/mol. The molecule has 2 aromatic rings. The Morgan fingerprint density at radius 1 is 1.47 bits per heavy atom. The van der Waals surface area contributed by atoms with E-state index in [1.807, 2.05) is 11.7 Å². The monoisotopic (exact) mass is 279 g/mol. The van der Waals surface area contributed by atoms with E-state index < -0.39 is 5.95 Å². The Bertz CT molecular complexity index is 534. The highest BCUT2D eigenvalue weighted by molar-refractivity contribution is 7.09. The highest BCUT2D eigenvalue weighted by Gasteiger charge is 2.24. The van der Waals surface area contributed by atoms with Crippen molar-refractivity contribution < 1.29 is 9.13 Å². The molecule has 0 spiro atoms. The van der Waals surface area contributed by atoms with E-state index in [1.54, 1.807) is 23.5 Å². The quantitative estimate of drug-likeness (QED) is 0.805. The molecule has 0 bridgehead atoms. The van der Waals surface area contributed by atoms with Crippen LogP contribution in [0.15, 0.2) is 29.9 Å². The number of nitrogens with zero attached hydrogens (tertiary/aromatic N) is 3. The molecule has 1 aliphatic rings. The van der Waals surface area contributed by atoms with E-state index in [-0.39, 0.29) is 6.10 Å². The van der Waals surface area contributed by atoms with Gasteiger partial charge in [-0.05, 0) is 12.5 Å². The summed E-state index contributed by atoms with van der Waals surface area (Å²) in [5.41, 5.74) is 1.84. The number of thiazole rings is 1. The van der Waals surface area contributed by atoms with Crippen molar-refractivity contribution in [3.63, 3.8) is 0 Å². The maximum atomic E-state index is 13.0. The first-order valence-corrected chi connectivity index (χ1v) is 7.06. The Hall–Kier alpha value is -1.53. The Balaban J connectivity index is 1.54. The minimum atomic E-state index is -0.503. The zero-order valence-electron chi connectivity index (χ0n) is 10.3. The van der Waals surface area contributed by atoms with Crippen molar-refractivity contribution >= 4 is 11.3 Å². The van der Waals surface area contributed by atoms with Crippen LogP contribution in [0, 0.1) is 5.95 Å². The smallest absolute Gasteiger partial charge is 0.216 e. The van der Waals surface area contributed by atoms with E-state index in [0.717, 1.165) is 26.1 Å². The second kappa shape index (κ2) is 5.63. The van der Waals surface area contributed by atoms with Gasteiger partial charge in [-0.15, -0.1) is 11.3 Å². The van der Waals surface area contributed by atoms with E-state index in [0.29, 0.717) is 5.88 Å². The molecule has 0 amide bonds. The maximum Gasteiger partial charge on any atom is 0.216 e. The van der Waals surface area contributed by atoms with Crippen molar-refractivity contribution in [1.29, 1.82) is 0 Å². The molecule has 0 radical (unpaired) electrons. The fourth-order valence-electron chi connectivity index (χ4n) is 2.20. The van der Waals surface area contributed by atoms with Gasteiger partial charge < -0.3 is 4.74 Å². The SMILES string of the molecule is Fc1cccc(OC2CCN(Cc3cncs3)C2)n1. The predicted octanol–water partition coefficient (Wildman–Crippen LogP) is 2.33. The summed E-state index contributed by atoms with van der Waals surface area (Å²) in [6.45, 7) is 2.73. The number of halogens is 1. The fourth-order valence-corrected chi connectivity index (χ4v) is 2.84. The molecular formula is C13H14FN3OS. The first kappa shape index (κ1) is 12.5. The lowest BCUT2D eigenvalue weighted by atomic mass is 10.3. The number of ether oxygens (including phenoxy) is 1. The van der Waals surface area contributed by atoms with Crippen LogP contribution >= 0.6 is 11.3 Å². The molecule has 0 N–H and O–H groups in total. The number of likely N-dealkylation sites (tertiary alicyclic amines) is 1. The topological polar surface area (TPSA) is 38.2 Å². The first-order valence-electron chi connectivity index (χ1n) is 6.18. The Kier molecular flexibility index (Phi) is 3.70. The van der Waals surface area contributed by atoms with Crippen molar-refractivity contribution in [2.24, 2.45) is 0 Å². The van der Waals surface area contributed by atoms with Gasteiger partial charge in [-0.3, -0.25) is 9.88 Å². The molecule has 6 heteroatoms. The standard InChI is InChI=1S/C13H14FN3OS/c14-12-2-1-3-13(16-12)18-10-4-5-17(7-10)8-11-6-15-9-19-11/h1-3,6,9-10H,4-5,7-8H2. The lowest BCUT2D eigenvalue weighted by Crippen LogP contribution is -2.24. The fraction of sp³-hybridized carbons (Fsp3) is 0.385. The van der Waals surface area contributed by atoms with Crippen LogP contribution in [0.2, 0.25) is 0 Å². The van der Waals surface area contributed by atoms with Crippen LogP contribution in [0.25, 0.3) is 0 Å². The van der Waals surface area contributed by atoms with Crippen LogP contribution in [0.5, 0.6) is 5.88 Å². The van der Waals surface area contributed by atoms with Crippen LogP contribution < -0.4 is 4.74 Å². The van der Waals surface area contributed by atoms with E-state index in [9.17, 15) is 4.39 Å². The maximum absolute atomic E-state index is 13.0. The van der Waals surface area contributed by atoms with Gasteiger partial charge in [0.25, 0.3) is 0 Å². The molecule has 1 aliphatic heterocycles. The molecule has 3 rings (SSSR count). The summed E-state index contributed by atoms with van der Waals surface area (Å²) in [6, 6.07) is 4.62. The van der Waals surface area contributed by atoms with E-state index >= 15 is 0 Å². The zero-order valence-corrected chi connectivity index (χ0v) is 11.1. The molecule has 0 saturated carbocycles. The second-order valence-electron chi connectivity index (χ2n) is 4.53. The van der Waals surface area contributed by atoms with Gasteiger partial charge in [-0.1, -0.05) is 6.07 Å². The number of rotatable bonds is 4. The molecule has 1 fully saturated rings. The number of aromatic nitrogens is 2. The molecule has 1 atom stereocenters. The number of hydrogen-bond donors (Lipinski definition) is 0. The van der Waals surface area contributed by atoms with Crippen LogP contribution in [0.1, 0.15) is 11.3 Å². The zero-order chi connectivity index (χ0) is 13.1. The largest absolute Gasteiger partial charge is 0.473 e. The molecule has 1 unspecified atom stereocenters. The normalized spacial score (nSPS) is 19.7. The lowest BCUT2D eigenvalue weighted by molar-refractivity contribution is 0.189. The van der Waals surface area contributed by atoms with E-state index in [1.165, 1.54) is 10.9 Å². The minimum Gasteiger partial charge on any atom is -0.473 e. The van der Waals surface area contributed by atoms with Gasteiger partial charge in [0.05, 0.1) is 5.51 Å². The second-order valence-corrected chi connectivity index (χ2v) is 5.50. The summed E-state index contributed by atoms with van der Waals surface area (Å²) in [7, 11) is 0. The van der Waals surface area contributed by atoms with Gasteiger partial charge in [-0.2, -0.15) is 9.37 Å². The Morgan fingerprint density at radius 3 is 3.21 bits per heavy atom. The van der Waals surface area contributed by atoms with Crippen LogP contribution in [0.4, 0.5) is 4.39 Å². The highest BCUT2D eigenvalue weighted by atomic mass is 32.1. The third-order valence-electron chi connectivity index (χ3n) is 3.07. The van der Waals surface area contributed by atoms with Gasteiger partial charge >= 0.3 is 0 Å². The highest BCUT2D eigenvalue weighted by Crippen LogP contribution is 2.19. The minimum absolute atomic E-state index is 0.0854. The molecule has 100 valence electrons. The molecule has 0 aliphatic carbocycles. The van der Waals surface area contributed by atoms with E-state index in [4.69, 9.17) is 4.74 Å². The van der Waals surface area contributed by atoms with Gasteiger partial charge in [0.2, 0.25) is 11.8 Å². The van der Waals surface area contributed by atoms with Gasteiger partial charge in [0, 0.05) is 36.8 Å². The average Bonchev–Trinajstić information content (AvgIpc) is 3.02. The summed E-state index contributed by atoms with van der Waals surface area (Å²) in [5, 5.41) is 0. The molecule has 2 aromatic heterocycles. The molecule has 1 saturated heterocycles.